The number of nitrogens with zero attached hydrogens (tertiary/aromatic N) is 2. The summed E-state index contributed by atoms with van der Waals surface area (Å²) in [5.74, 6) is 0.676. The van der Waals surface area contributed by atoms with E-state index in [0.29, 0.717) is 18.3 Å². The lowest BCUT2D eigenvalue weighted by molar-refractivity contribution is -0.124. The fourth-order valence-electron chi connectivity index (χ4n) is 2.22. The number of hydrogen-bond acceptors (Lipinski definition) is 6. The van der Waals surface area contributed by atoms with Crippen molar-refractivity contribution in [2.75, 3.05) is 18.5 Å². The Bertz CT molecular complexity index is 636. The van der Waals surface area contributed by atoms with E-state index in [0.717, 1.165) is 29.2 Å². The molecule has 6 nitrogen and oxygen atoms in total. The lowest BCUT2D eigenvalue weighted by atomic mass is 10.2. The van der Waals surface area contributed by atoms with Crippen molar-refractivity contribution in [2.45, 2.75) is 25.9 Å². The van der Waals surface area contributed by atoms with E-state index in [2.05, 4.69) is 15.5 Å². The molecule has 0 unspecified atom stereocenters. The van der Waals surface area contributed by atoms with Crippen molar-refractivity contribution in [3.63, 3.8) is 0 Å². The summed E-state index contributed by atoms with van der Waals surface area (Å²) in [5.41, 5.74) is 0.943. The number of hydrogen-bond donors (Lipinski definition) is 1. The Hall–Kier alpha value is -1.99. The summed E-state index contributed by atoms with van der Waals surface area (Å²) < 4.78 is 10.8. The molecule has 7 heteroatoms. The van der Waals surface area contributed by atoms with Crippen LogP contribution in [0.5, 0.6) is 5.75 Å². The molecule has 1 aromatic heterocycles. The van der Waals surface area contributed by atoms with Crippen molar-refractivity contribution < 1.29 is 14.3 Å². The van der Waals surface area contributed by atoms with Crippen LogP contribution in [-0.2, 0) is 9.53 Å². The SMILES string of the molecule is CCOc1ccc(-c2nnc(NC(=O)[C@H]3CCCO3)s2)cc1. The topological polar surface area (TPSA) is 73.3 Å². The van der Waals surface area contributed by atoms with Gasteiger partial charge in [0, 0.05) is 12.2 Å². The number of aromatic nitrogens is 2. The van der Waals surface area contributed by atoms with E-state index in [4.69, 9.17) is 9.47 Å². The molecule has 1 N–H and O–H groups in total. The number of carbonyl (C=O) groups excluding carboxylic acids is 1. The Morgan fingerprint density at radius 2 is 2.23 bits per heavy atom. The fourth-order valence-corrected chi connectivity index (χ4v) is 2.97. The lowest BCUT2D eigenvalue weighted by Gasteiger charge is -2.07. The highest BCUT2D eigenvalue weighted by molar-refractivity contribution is 7.18. The molecule has 0 bridgehead atoms. The van der Waals surface area contributed by atoms with Gasteiger partial charge in [0.15, 0.2) is 0 Å². The number of rotatable bonds is 5. The summed E-state index contributed by atoms with van der Waals surface area (Å²) >= 11 is 1.34. The molecule has 1 aliphatic heterocycles. The second-order valence-corrected chi connectivity index (χ2v) is 5.84. The average Bonchev–Trinajstić information content (AvgIpc) is 3.19. The summed E-state index contributed by atoms with van der Waals surface area (Å²) in [6.07, 6.45) is 1.32. The summed E-state index contributed by atoms with van der Waals surface area (Å²) in [6.45, 7) is 3.23. The molecule has 0 radical (unpaired) electrons. The zero-order valence-electron chi connectivity index (χ0n) is 12.2. The summed E-state index contributed by atoms with van der Waals surface area (Å²) in [6, 6.07) is 7.64. The molecule has 0 saturated carbocycles. The minimum absolute atomic E-state index is 0.146. The summed E-state index contributed by atoms with van der Waals surface area (Å²) in [5, 5.41) is 12.1. The van der Waals surface area contributed by atoms with Crippen molar-refractivity contribution in [1.82, 2.24) is 10.2 Å². The molecule has 1 atom stereocenters. The third-order valence-corrected chi connectivity index (χ3v) is 4.18. The second-order valence-electron chi connectivity index (χ2n) is 4.86. The lowest BCUT2D eigenvalue weighted by Crippen LogP contribution is -2.26. The predicted molar refractivity (Wildman–Crippen MR) is 84.1 cm³/mol. The molecule has 1 fully saturated rings. The Morgan fingerprint density at radius 1 is 1.41 bits per heavy atom. The van der Waals surface area contributed by atoms with Crippen molar-refractivity contribution in [2.24, 2.45) is 0 Å². The number of benzene rings is 1. The number of anilines is 1. The van der Waals surface area contributed by atoms with Crippen LogP contribution in [0, 0.1) is 0 Å². The minimum Gasteiger partial charge on any atom is -0.494 e. The van der Waals surface area contributed by atoms with Crippen LogP contribution in [0.2, 0.25) is 0 Å². The van der Waals surface area contributed by atoms with Gasteiger partial charge in [-0.25, -0.2) is 0 Å². The number of carbonyl (C=O) groups is 1. The standard InChI is InChI=1S/C15H17N3O3S/c1-2-20-11-7-5-10(6-8-11)14-17-18-15(22-14)16-13(19)12-4-3-9-21-12/h5-8,12H,2-4,9H2,1H3,(H,16,18,19)/t12-/m1/s1. The van der Waals surface area contributed by atoms with Crippen LogP contribution in [0.1, 0.15) is 19.8 Å². The van der Waals surface area contributed by atoms with Crippen molar-refractivity contribution in [1.29, 1.82) is 0 Å². The maximum Gasteiger partial charge on any atom is 0.255 e. The normalized spacial score (nSPS) is 17.4. The van der Waals surface area contributed by atoms with E-state index in [1.807, 2.05) is 31.2 Å². The van der Waals surface area contributed by atoms with Gasteiger partial charge in [-0.2, -0.15) is 0 Å². The highest BCUT2D eigenvalue weighted by Gasteiger charge is 2.24. The molecular weight excluding hydrogens is 302 g/mol. The molecule has 1 saturated heterocycles. The van der Waals surface area contributed by atoms with Crippen LogP contribution in [0.3, 0.4) is 0 Å². The van der Waals surface area contributed by atoms with Gasteiger partial charge in [0.2, 0.25) is 5.13 Å². The Kier molecular flexibility index (Phi) is 4.65. The molecule has 116 valence electrons. The van der Waals surface area contributed by atoms with E-state index in [1.54, 1.807) is 0 Å². The average molecular weight is 319 g/mol. The molecule has 1 amide bonds. The van der Waals surface area contributed by atoms with E-state index < -0.39 is 0 Å². The second kappa shape index (κ2) is 6.85. The van der Waals surface area contributed by atoms with Crippen molar-refractivity contribution >= 4 is 22.4 Å². The first-order valence-electron chi connectivity index (χ1n) is 7.25. The Labute approximate surface area is 132 Å². The number of amides is 1. The van der Waals surface area contributed by atoms with Gasteiger partial charge in [-0.1, -0.05) is 11.3 Å². The smallest absolute Gasteiger partial charge is 0.255 e. The van der Waals surface area contributed by atoms with Crippen LogP contribution < -0.4 is 10.1 Å². The monoisotopic (exact) mass is 319 g/mol. The van der Waals surface area contributed by atoms with Gasteiger partial charge in [-0.15, -0.1) is 10.2 Å². The van der Waals surface area contributed by atoms with Gasteiger partial charge >= 0.3 is 0 Å². The third-order valence-electron chi connectivity index (χ3n) is 3.29. The first-order valence-corrected chi connectivity index (χ1v) is 8.07. The predicted octanol–water partition coefficient (Wildman–Crippen LogP) is 2.72. The van der Waals surface area contributed by atoms with Gasteiger partial charge < -0.3 is 9.47 Å². The maximum absolute atomic E-state index is 12.0. The molecular formula is C15H17N3O3S. The van der Waals surface area contributed by atoms with Crippen LogP contribution in [0.15, 0.2) is 24.3 Å². The Balaban J connectivity index is 1.66. The molecule has 1 aromatic carbocycles. The molecule has 3 rings (SSSR count). The van der Waals surface area contributed by atoms with Crippen LogP contribution in [0.25, 0.3) is 10.6 Å². The molecule has 0 aliphatic carbocycles. The van der Waals surface area contributed by atoms with Crippen LogP contribution >= 0.6 is 11.3 Å². The maximum atomic E-state index is 12.0. The molecule has 0 spiro atoms. The van der Waals surface area contributed by atoms with Crippen LogP contribution in [0.4, 0.5) is 5.13 Å². The third kappa shape index (κ3) is 3.42. The van der Waals surface area contributed by atoms with Gasteiger partial charge in [0.25, 0.3) is 5.91 Å². The van der Waals surface area contributed by atoms with Gasteiger partial charge in [-0.05, 0) is 44.0 Å². The van der Waals surface area contributed by atoms with Gasteiger partial charge in [-0.3, -0.25) is 10.1 Å². The highest BCUT2D eigenvalue weighted by Crippen LogP contribution is 2.28. The number of ether oxygens (including phenoxy) is 2. The first kappa shape index (κ1) is 14.9. The van der Waals surface area contributed by atoms with Gasteiger partial charge in [0.05, 0.1) is 6.61 Å². The van der Waals surface area contributed by atoms with E-state index in [9.17, 15) is 4.79 Å². The quantitative estimate of drug-likeness (QED) is 0.917. The van der Waals surface area contributed by atoms with Crippen molar-refractivity contribution in [3.8, 4) is 16.3 Å². The summed E-state index contributed by atoms with van der Waals surface area (Å²) in [7, 11) is 0. The van der Waals surface area contributed by atoms with Crippen LogP contribution in [-0.4, -0.2) is 35.4 Å². The minimum atomic E-state index is -0.363. The first-order chi connectivity index (χ1) is 10.8. The van der Waals surface area contributed by atoms with E-state index in [-0.39, 0.29) is 12.0 Å². The van der Waals surface area contributed by atoms with E-state index >= 15 is 0 Å². The largest absolute Gasteiger partial charge is 0.494 e. The molecule has 1 aliphatic rings. The summed E-state index contributed by atoms with van der Waals surface area (Å²) in [4.78, 5) is 12.0. The molecule has 2 aromatic rings. The highest BCUT2D eigenvalue weighted by atomic mass is 32.1. The molecule has 2 heterocycles. The van der Waals surface area contributed by atoms with Crippen molar-refractivity contribution in [3.05, 3.63) is 24.3 Å². The zero-order chi connectivity index (χ0) is 15.4. The van der Waals surface area contributed by atoms with Gasteiger partial charge in [0.1, 0.15) is 16.9 Å². The fraction of sp³-hybridized carbons (Fsp3) is 0.400. The number of nitrogens with one attached hydrogen (secondary N) is 1. The van der Waals surface area contributed by atoms with E-state index in [1.165, 1.54) is 11.3 Å². The Morgan fingerprint density at radius 3 is 2.91 bits per heavy atom. The molecule has 22 heavy (non-hydrogen) atoms. The zero-order valence-corrected chi connectivity index (χ0v) is 13.1.